The van der Waals surface area contributed by atoms with Gasteiger partial charge in [-0.2, -0.15) is 0 Å². The second-order valence-electron chi connectivity index (χ2n) is 5.83. The molecule has 0 radical (unpaired) electrons. The molecule has 3 rings (SSSR count). The summed E-state index contributed by atoms with van der Waals surface area (Å²) in [6.45, 7) is 0.992. The fourth-order valence-corrected chi connectivity index (χ4v) is 4.23. The molecule has 1 aliphatic carbocycles. The van der Waals surface area contributed by atoms with Crippen LogP contribution in [0, 0.1) is 5.41 Å². The highest BCUT2D eigenvalue weighted by molar-refractivity contribution is 8.14. The minimum atomic E-state index is 0.489. The van der Waals surface area contributed by atoms with Crippen molar-refractivity contribution in [2.24, 2.45) is 10.4 Å². The SMILES string of the molecule is COc1cccc(NC2=NCC3(CCCCC3)CS2)c1. The van der Waals surface area contributed by atoms with Crippen LogP contribution in [0.4, 0.5) is 5.69 Å². The van der Waals surface area contributed by atoms with E-state index in [2.05, 4.69) is 11.4 Å². The molecule has 1 aliphatic heterocycles. The summed E-state index contributed by atoms with van der Waals surface area (Å²) in [6.07, 6.45) is 6.89. The van der Waals surface area contributed by atoms with Crippen LogP contribution in [0.3, 0.4) is 0 Å². The van der Waals surface area contributed by atoms with Crippen molar-refractivity contribution in [2.45, 2.75) is 32.1 Å². The fraction of sp³-hybridized carbons (Fsp3) is 0.562. The largest absolute Gasteiger partial charge is 0.497 e. The Balaban J connectivity index is 1.64. The molecule has 1 aromatic carbocycles. The van der Waals surface area contributed by atoms with Gasteiger partial charge < -0.3 is 10.1 Å². The van der Waals surface area contributed by atoms with E-state index in [1.807, 2.05) is 30.0 Å². The summed E-state index contributed by atoms with van der Waals surface area (Å²) >= 11 is 1.87. The van der Waals surface area contributed by atoms with E-state index < -0.39 is 0 Å². The Bertz CT molecular complexity index is 495. The molecule has 2 aliphatic rings. The summed E-state index contributed by atoms with van der Waals surface area (Å²) in [6, 6.07) is 8.01. The number of hydrogen-bond donors (Lipinski definition) is 1. The number of thioether (sulfide) groups is 1. The Morgan fingerprint density at radius 1 is 1.25 bits per heavy atom. The van der Waals surface area contributed by atoms with Crippen molar-refractivity contribution in [3.8, 4) is 5.75 Å². The zero-order valence-electron chi connectivity index (χ0n) is 12.0. The second kappa shape index (κ2) is 6.08. The third-order valence-electron chi connectivity index (χ3n) is 4.31. The molecule has 1 fully saturated rings. The molecule has 0 bridgehead atoms. The van der Waals surface area contributed by atoms with E-state index in [1.165, 1.54) is 37.9 Å². The second-order valence-corrected chi connectivity index (χ2v) is 6.79. The van der Waals surface area contributed by atoms with Gasteiger partial charge in [0.15, 0.2) is 5.17 Å². The Morgan fingerprint density at radius 2 is 2.10 bits per heavy atom. The van der Waals surface area contributed by atoms with Gasteiger partial charge in [-0.15, -0.1) is 0 Å². The summed E-state index contributed by atoms with van der Waals surface area (Å²) in [5.41, 5.74) is 1.54. The third kappa shape index (κ3) is 3.11. The predicted molar refractivity (Wildman–Crippen MR) is 86.9 cm³/mol. The van der Waals surface area contributed by atoms with Crippen molar-refractivity contribution in [1.82, 2.24) is 0 Å². The summed E-state index contributed by atoms with van der Waals surface area (Å²) in [7, 11) is 1.69. The lowest BCUT2D eigenvalue weighted by Crippen LogP contribution is -2.35. The molecule has 3 nitrogen and oxygen atoms in total. The number of nitrogens with one attached hydrogen (secondary N) is 1. The number of rotatable bonds is 2. The van der Waals surface area contributed by atoms with Crippen LogP contribution in [0.15, 0.2) is 29.3 Å². The van der Waals surface area contributed by atoms with E-state index in [1.54, 1.807) is 7.11 Å². The van der Waals surface area contributed by atoms with Gasteiger partial charge in [-0.1, -0.05) is 37.1 Å². The van der Waals surface area contributed by atoms with Gasteiger partial charge in [0.1, 0.15) is 5.75 Å². The van der Waals surface area contributed by atoms with Crippen molar-refractivity contribution >= 4 is 22.6 Å². The first kappa shape index (κ1) is 13.8. The molecule has 1 heterocycles. The average molecular weight is 290 g/mol. The maximum absolute atomic E-state index is 5.25. The molecule has 1 spiro atoms. The minimum Gasteiger partial charge on any atom is -0.497 e. The summed E-state index contributed by atoms with van der Waals surface area (Å²) in [5.74, 6) is 2.09. The van der Waals surface area contributed by atoms with Crippen LogP contribution in [0.25, 0.3) is 0 Å². The highest BCUT2D eigenvalue weighted by atomic mass is 32.2. The molecule has 0 unspecified atom stereocenters. The molecule has 0 atom stereocenters. The van der Waals surface area contributed by atoms with Crippen molar-refractivity contribution < 1.29 is 4.74 Å². The lowest BCUT2D eigenvalue weighted by Gasteiger charge is -2.38. The Kier molecular flexibility index (Phi) is 4.20. The van der Waals surface area contributed by atoms with Gasteiger partial charge in [-0.25, -0.2) is 0 Å². The molecule has 0 amide bonds. The number of amidine groups is 1. The predicted octanol–water partition coefficient (Wildman–Crippen LogP) is 4.16. The Labute approximate surface area is 125 Å². The van der Waals surface area contributed by atoms with Crippen molar-refractivity contribution in [3.63, 3.8) is 0 Å². The number of hydrogen-bond acceptors (Lipinski definition) is 4. The van der Waals surface area contributed by atoms with Crippen LogP contribution < -0.4 is 10.1 Å². The van der Waals surface area contributed by atoms with Gasteiger partial charge >= 0.3 is 0 Å². The van der Waals surface area contributed by atoms with Crippen LogP contribution in [0.1, 0.15) is 32.1 Å². The smallest absolute Gasteiger partial charge is 0.161 e. The van der Waals surface area contributed by atoms with E-state index in [0.717, 1.165) is 23.1 Å². The molecule has 108 valence electrons. The maximum Gasteiger partial charge on any atom is 0.161 e. The van der Waals surface area contributed by atoms with Gasteiger partial charge in [-0.3, -0.25) is 4.99 Å². The highest BCUT2D eigenvalue weighted by Crippen LogP contribution is 2.42. The van der Waals surface area contributed by atoms with Gasteiger partial charge in [0.25, 0.3) is 0 Å². The highest BCUT2D eigenvalue weighted by Gasteiger charge is 2.34. The number of aliphatic imine (C=N–C) groups is 1. The van der Waals surface area contributed by atoms with E-state index in [9.17, 15) is 0 Å². The zero-order valence-corrected chi connectivity index (χ0v) is 12.8. The first-order valence-corrected chi connectivity index (χ1v) is 8.37. The van der Waals surface area contributed by atoms with Crippen LogP contribution in [0.5, 0.6) is 5.75 Å². The Morgan fingerprint density at radius 3 is 2.80 bits per heavy atom. The number of nitrogens with zero attached hydrogens (tertiary/aromatic N) is 1. The van der Waals surface area contributed by atoms with Crippen molar-refractivity contribution in [2.75, 3.05) is 24.7 Å². The molecule has 0 aromatic heterocycles. The van der Waals surface area contributed by atoms with Crippen LogP contribution in [-0.4, -0.2) is 24.6 Å². The molecule has 4 heteroatoms. The first-order valence-electron chi connectivity index (χ1n) is 7.38. The summed E-state index contributed by atoms with van der Waals surface area (Å²) < 4.78 is 5.25. The number of benzene rings is 1. The van der Waals surface area contributed by atoms with E-state index in [0.29, 0.717) is 5.41 Å². The molecule has 0 saturated heterocycles. The van der Waals surface area contributed by atoms with Crippen LogP contribution >= 0.6 is 11.8 Å². The fourth-order valence-electron chi connectivity index (χ4n) is 3.06. The lowest BCUT2D eigenvalue weighted by molar-refractivity contribution is 0.232. The Hall–Kier alpha value is -1.16. The molecular formula is C16H22N2OS. The zero-order chi connectivity index (χ0) is 13.8. The monoisotopic (exact) mass is 290 g/mol. The maximum atomic E-state index is 5.25. The normalized spacial score (nSPS) is 21.4. The number of anilines is 1. The van der Waals surface area contributed by atoms with Gasteiger partial charge in [0, 0.05) is 24.1 Å². The lowest BCUT2D eigenvalue weighted by atomic mass is 9.75. The van der Waals surface area contributed by atoms with Crippen molar-refractivity contribution in [3.05, 3.63) is 24.3 Å². The molecule has 1 aromatic rings. The van der Waals surface area contributed by atoms with Gasteiger partial charge in [-0.05, 0) is 30.4 Å². The van der Waals surface area contributed by atoms with Crippen LogP contribution in [-0.2, 0) is 0 Å². The van der Waals surface area contributed by atoms with E-state index >= 15 is 0 Å². The van der Waals surface area contributed by atoms with Crippen LogP contribution in [0.2, 0.25) is 0 Å². The van der Waals surface area contributed by atoms with E-state index in [4.69, 9.17) is 9.73 Å². The summed E-state index contributed by atoms with van der Waals surface area (Å²) in [4.78, 5) is 4.78. The quantitative estimate of drug-likeness (QED) is 0.888. The number of ether oxygens (including phenoxy) is 1. The van der Waals surface area contributed by atoms with E-state index in [-0.39, 0.29) is 0 Å². The molecule has 1 saturated carbocycles. The first-order chi connectivity index (χ1) is 9.80. The van der Waals surface area contributed by atoms with Gasteiger partial charge in [0.05, 0.1) is 7.11 Å². The summed E-state index contributed by atoms with van der Waals surface area (Å²) in [5, 5.41) is 4.46. The molecular weight excluding hydrogens is 268 g/mol. The topological polar surface area (TPSA) is 33.6 Å². The van der Waals surface area contributed by atoms with Crippen molar-refractivity contribution in [1.29, 1.82) is 0 Å². The molecule has 20 heavy (non-hydrogen) atoms. The van der Waals surface area contributed by atoms with Gasteiger partial charge in [0.2, 0.25) is 0 Å². The average Bonchev–Trinajstić information content (AvgIpc) is 2.51. The molecule has 1 N–H and O–H groups in total. The minimum absolute atomic E-state index is 0.489. The third-order valence-corrected chi connectivity index (χ3v) is 5.57. The number of methoxy groups -OCH3 is 1. The standard InChI is InChI=1S/C16H22N2OS/c1-19-14-7-5-6-13(10-14)18-15-17-11-16(12-20-15)8-3-2-4-9-16/h5-7,10H,2-4,8-9,11-12H2,1H3,(H,17,18).